The highest BCUT2D eigenvalue weighted by atomic mass is 16.3. The Kier molecular flexibility index (Phi) is 6.80. The van der Waals surface area contributed by atoms with Crippen LogP contribution in [0.5, 0.6) is 0 Å². The SMILES string of the molecule is CC(C)(C)C(CCO)NCC(=O)NC1CCCCC1. The van der Waals surface area contributed by atoms with E-state index in [1.807, 2.05) is 0 Å². The van der Waals surface area contributed by atoms with Gasteiger partial charge in [0, 0.05) is 18.7 Å². The summed E-state index contributed by atoms with van der Waals surface area (Å²) in [5.41, 5.74) is 0.0495. The van der Waals surface area contributed by atoms with E-state index < -0.39 is 0 Å². The lowest BCUT2D eigenvalue weighted by molar-refractivity contribution is -0.121. The first-order chi connectivity index (χ1) is 8.93. The van der Waals surface area contributed by atoms with Crippen LogP contribution in [0.2, 0.25) is 0 Å². The molecule has 1 fully saturated rings. The van der Waals surface area contributed by atoms with Crippen molar-refractivity contribution in [3.05, 3.63) is 0 Å². The Labute approximate surface area is 117 Å². The van der Waals surface area contributed by atoms with E-state index in [4.69, 9.17) is 5.11 Å². The average Bonchev–Trinajstić information content (AvgIpc) is 2.34. The number of hydrogen-bond acceptors (Lipinski definition) is 3. The quantitative estimate of drug-likeness (QED) is 0.690. The van der Waals surface area contributed by atoms with Gasteiger partial charge in [-0.2, -0.15) is 0 Å². The predicted molar refractivity (Wildman–Crippen MR) is 78.0 cm³/mol. The number of carbonyl (C=O) groups excluding carboxylic acids is 1. The van der Waals surface area contributed by atoms with Crippen LogP contribution in [0.25, 0.3) is 0 Å². The second-order valence-electron chi connectivity index (χ2n) is 6.71. The fourth-order valence-corrected chi connectivity index (χ4v) is 2.71. The van der Waals surface area contributed by atoms with Gasteiger partial charge in [-0.3, -0.25) is 4.79 Å². The molecule has 0 aliphatic heterocycles. The fraction of sp³-hybridized carbons (Fsp3) is 0.933. The predicted octanol–water partition coefficient (Wildman–Crippen LogP) is 1.82. The van der Waals surface area contributed by atoms with Gasteiger partial charge in [-0.1, -0.05) is 40.0 Å². The van der Waals surface area contributed by atoms with Crippen LogP contribution in [0.15, 0.2) is 0 Å². The van der Waals surface area contributed by atoms with Crippen molar-refractivity contribution in [2.24, 2.45) is 5.41 Å². The Morgan fingerprint density at radius 2 is 1.89 bits per heavy atom. The van der Waals surface area contributed by atoms with Gasteiger partial charge in [0.1, 0.15) is 0 Å². The maximum Gasteiger partial charge on any atom is 0.234 e. The molecule has 1 aliphatic rings. The number of carbonyl (C=O) groups is 1. The van der Waals surface area contributed by atoms with Gasteiger partial charge in [0.05, 0.1) is 6.54 Å². The lowest BCUT2D eigenvalue weighted by Crippen LogP contribution is -2.47. The molecule has 1 atom stereocenters. The second kappa shape index (κ2) is 7.85. The van der Waals surface area contributed by atoms with Crippen LogP contribution < -0.4 is 10.6 Å². The van der Waals surface area contributed by atoms with Crippen LogP contribution in [-0.2, 0) is 4.79 Å². The minimum Gasteiger partial charge on any atom is -0.396 e. The van der Waals surface area contributed by atoms with Gasteiger partial charge in [0.2, 0.25) is 5.91 Å². The summed E-state index contributed by atoms with van der Waals surface area (Å²) < 4.78 is 0. The minimum atomic E-state index is 0.0495. The van der Waals surface area contributed by atoms with Crippen molar-refractivity contribution in [2.75, 3.05) is 13.2 Å². The van der Waals surface area contributed by atoms with E-state index in [0.29, 0.717) is 19.0 Å². The molecule has 1 saturated carbocycles. The summed E-state index contributed by atoms with van der Waals surface area (Å²) >= 11 is 0. The molecule has 1 amide bonds. The van der Waals surface area contributed by atoms with Gasteiger partial charge in [0.15, 0.2) is 0 Å². The summed E-state index contributed by atoms with van der Waals surface area (Å²) in [6, 6.07) is 0.531. The molecule has 1 rings (SSSR count). The molecule has 0 spiro atoms. The number of aliphatic hydroxyl groups is 1. The summed E-state index contributed by atoms with van der Waals surface area (Å²) in [5.74, 6) is 0.0825. The molecular weight excluding hydrogens is 240 g/mol. The van der Waals surface area contributed by atoms with E-state index in [-0.39, 0.29) is 24.0 Å². The number of rotatable bonds is 6. The molecular formula is C15H30N2O2. The molecule has 0 aromatic carbocycles. The number of aliphatic hydroxyl groups excluding tert-OH is 1. The Balaban J connectivity index is 2.30. The van der Waals surface area contributed by atoms with Gasteiger partial charge in [-0.25, -0.2) is 0 Å². The minimum absolute atomic E-state index is 0.0495. The van der Waals surface area contributed by atoms with E-state index in [1.165, 1.54) is 19.3 Å². The Morgan fingerprint density at radius 3 is 2.42 bits per heavy atom. The zero-order valence-corrected chi connectivity index (χ0v) is 12.7. The number of hydrogen-bond donors (Lipinski definition) is 3. The van der Waals surface area contributed by atoms with Crippen molar-refractivity contribution < 1.29 is 9.90 Å². The van der Waals surface area contributed by atoms with Gasteiger partial charge in [-0.05, 0) is 24.7 Å². The summed E-state index contributed by atoms with van der Waals surface area (Å²) in [6.45, 7) is 6.87. The molecule has 0 saturated heterocycles. The third-order valence-corrected chi connectivity index (χ3v) is 3.94. The first kappa shape index (κ1) is 16.4. The maximum atomic E-state index is 11.9. The molecule has 0 aromatic heterocycles. The van der Waals surface area contributed by atoms with Crippen molar-refractivity contribution >= 4 is 5.91 Å². The Bertz CT molecular complexity index is 268. The highest BCUT2D eigenvalue weighted by molar-refractivity contribution is 5.78. The normalized spacial score (nSPS) is 19.2. The van der Waals surface area contributed by atoms with E-state index in [9.17, 15) is 4.79 Å². The zero-order valence-electron chi connectivity index (χ0n) is 12.7. The van der Waals surface area contributed by atoms with Crippen LogP contribution in [0, 0.1) is 5.41 Å². The van der Waals surface area contributed by atoms with Crippen LogP contribution in [0.3, 0.4) is 0 Å². The maximum absolute atomic E-state index is 11.9. The number of nitrogens with one attached hydrogen (secondary N) is 2. The Hall–Kier alpha value is -0.610. The third kappa shape index (κ3) is 6.39. The molecule has 1 aliphatic carbocycles. The van der Waals surface area contributed by atoms with Crippen molar-refractivity contribution in [2.45, 2.75) is 71.4 Å². The highest BCUT2D eigenvalue weighted by Crippen LogP contribution is 2.21. The van der Waals surface area contributed by atoms with Gasteiger partial charge >= 0.3 is 0 Å². The summed E-state index contributed by atoms with van der Waals surface area (Å²) in [7, 11) is 0. The van der Waals surface area contributed by atoms with Crippen LogP contribution in [0.1, 0.15) is 59.3 Å². The molecule has 112 valence electrons. The lowest BCUT2D eigenvalue weighted by Gasteiger charge is -2.31. The lowest BCUT2D eigenvalue weighted by atomic mass is 9.85. The van der Waals surface area contributed by atoms with E-state index in [1.54, 1.807) is 0 Å². The van der Waals surface area contributed by atoms with Gasteiger partial charge < -0.3 is 15.7 Å². The van der Waals surface area contributed by atoms with E-state index >= 15 is 0 Å². The molecule has 4 heteroatoms. The van der Waals surface area contributed by atoms with Gasteiger partial charge in [-0.15, -0.1) is 0 Å². The van der Waals surface area contributed by atoms with Crippen molar-refractivity contribution in [1.29, 1.82) is 0 Å². The summed E-state index contributed by atoms with van der Waals surface area (Å²) in [5, 5.41) is 15.5. The monoisotopic (exact) mass is 270 g/mol. The third-order valence-electron chi connectivity index (χ3n) is 3.94. The fourth-order valence-electron chi connectivity index (χ4n) is 2.71. The molecule has 3 N–H and O–H groups in total. The molecule has 1 unspecified atom stereocenters. The molecule has 4 nitrogen and oxygen atoms in total. The first-order valence-corrected chi connectivity index (χ1v) is 7.57. The zero-order chi connectivity index (χ0) is 14.3. The molecule has 0 heterocycles. The molecule has 19 heavy (non-hydrogen) atoms. The summed E-state index contributed by atoms with van der Waals surface area (Å²) in [6.07, 6.45) is 6.67. The van der Waals surface area contributed by atoms with Crippen molar-refractivity contribution in [3.63, 3.8) is 0 Å². The van der Waals surface area contributed by atoms with Crippen LogP contribution >= 0.6 is 0 Å². The standard InChI is InChI=1S/C15H30N2O2/c1-15(2,3)13(9-10-18)16-11-14(19)17-12-7-5-4-6-8-12/h12-13,16,18H,4-11H2,1-3H3,(H,17,19). The van der Waals surface area contributed by atoms with Crippen LogP contribution in [-0.4, -0.2) is 36.2 Å². The van der Waals surface area contributed by atoms with Crippen molar-refractivity contribution in [1.82, 2.24) is 10.6 Å². The second-order valence-corrected chi connectivity index (χ2v) is 6.71. The molecule has 0 aromatic rings. The van der Waals surface area contributed by atoms with Crippen LogP contribution in [0.4, 0.5) is 0 Å². The Morgan fingerprint density at radius 1 is 1.26 bits per heavy atom. The van der Waals surface area contributed by atoms with Crippen molar-refractivity contribution in [3.8, 4) is 0 Å². The van der Waals surface area contributed by atoms with E-state index in [2.05, 4.69) is 31.4 Å². The summed E-state index contributed by atoms with van der Waals surface area (Å²) in [4.78, 5) is 11.9. The molecule has 0 radical (unpaired) electrons. The largest absolute Gasteiger partial charge is 0.396 e. The smallest absolute Gasteiger partial charge is 0.234 e. The first-order valence-electron chi connectivity index (χ1n) is 7.57. The van der Waals surface area contributed by atoms with Gasteiger partial charge in [0.25, 0.3) is 0 Å². The highest BCUT2D eigenvalue weighted by Gasteiger charge is 2.24. The van der Waals surface area contributed by atoms with E-state index in [0.717, 1.165) is 12.8 Å². The average molecular weight is 270 g/mol. The number of amides is 1. The molecule has 0 bridgehead atoms. The topological polar surface area (TPSA) is 61.4 Å².